The third kappa shape index (κ3) is 4.56. The summed E-state index contributed by atoms with van der Waals surface area (Å²) in [6, 6.07) is 12.8. The third-order valence-corrected chi connectivity index (χ3v) is 3.21. The number of nitrogens with zero attached hydrogens (tertiary/aromatic N) is 1. The van der Waals surface area contributed by atoms with Crippen LogP contribution in [0.3, 0.4) is 0 Å². The van der Waals surface area contributed by atoms with Gasteiger partial charge in [0.2, 0.25) is 0 Å². The fourth-order valence-electron chi connectivity index (χ4n) is 2.04. The zero-order valence-electron chi connectivity index (χ0n) is 12.9. The normalized spacial score (nSPS) is 11.7. The molecule has 0 aliphatic heterocycles. The standard InChI is InChI=1S/C17H21N3O2/c1-3-22-12-14-8-4-5-10-16(14)20-17(21)19-13(2)15-9-6-7-11-18-15/h4-11,13H,3,12H2,1-2H3,(H2,19,20,21)/t13-/m1/s1. The number of urea groups is 1. The highest BCUT2D eigenvalue weighted by molar-refractivity contribution is 5.90. The molecule has 1 aromatic heterocycles. The number of hydrogen-bond donors (Lipinski definition) is 2. The first-order valence-corrected chi connectivity index (χ1v) is 7.34. The van der Waals surface area contributed by atoms with Gasteiger partial charge in [0.05, 0.1) is 18.3 Å². The van der Waals surface area contributed by atoms with Crippen molar-refractivity contribution in [2.24, 2.45) is 0 Å². The van der Waals surface area contributed by atoms with E-state index in [1.165, 1.54) is 0 Å². The number of benzene rings is 1. The summed E-state index contributed by atoms with van der Waals surface area (Å²) >= 11 is 0. The van der Waals surface area contributed by atoms with Gasteiger partial charge in [-0.2, -0.15) is 0 Å². The molecule has 0 fully saturated rings. The molecule has 2 aromatic rings. The van der Waals surface area contributed by atoms with Crippen LogP contribution < -0.4 is 10.6 Å². The van der Waals surface area contributed by atoms with Crippen molar-refractivity contribution in [3.8, 4) is 0 Å². The molecule has 1 heterocycles. The molecule has 0 saturated carbocycles. The summed E-state index contributed by atoms with van der Waals surface area (Å²) in [7, 11) is 0. The Bertz CT molecular complexity index is 602. The second kappa shape index (κ2) is 8.14. The van der Waals surface area contributed by atoms with Gasteiger partial charge in [-0.25, -0.2) is 4.79 Å². The van der Waals surface area contributed by atoms with Crippen molar-refractivity contribution >= 4 is 11.7 Å². The van der Waals surface area contributed by atoms with Gasteiger partial charge in [-0.3, -0.25) is 4.98 Å². The summed E-state index contributed by atoms with van der Waals surface area (Å²) in [6.45, 7) is 4.95. The highest BCUT2D eigenvalue weighted by atomic mass is 16.5. The van der Waals surface area contributed by atoms with Gasteiger partial charge in [-0.1, -0.05) is 24.3 Å². The Morgan fingerprint density at radius 3 is 2.73 bits per heavy atom. The number of amides is 2. The molecule has 0 spiro atoms. The molecule has 2 amide bonds. The molecule has 5 heteroatoms. The zero-order valence-corrected chi connectivity index (χ0v) is 12.9. The first kappa shape index (κ1) is 16.0. The monoisotopic (exact) mass is 299 g/mol. The number of nitrogens with one attached hydrogen (secondary N) is 2. The van der Waals surface area contributed by atoms with Crippen molar-refractivity contribution in [1.29, 1.82) is 0 Å². The van der Waals surface area contributed by atoms with Crippen molar-refractivity contribution in [2.45, 2.75) is 26.5 Å². The molecule has 0 bridgehead atoms. The molecule has 5 nitrogen and oxygen atoms in total. The first-order chi connectivity index (χ1) is 10.7. The van der Waals surface area contributed by atoms with E-state index < -0.39 is 0 Å². The molecule has 0 unspecified atom stereocenters. The summed E-state index contributed by atoms with van der Waals surface area (Å²) in [5, 5.41) is 5.74. The fourth-order valence-corrected chi connectivity index (χ4v) is 2.04. The Kier molecular flexibility index (Phi) is 5.91. The molecule has 0 aliphatic rings. The van der Waals surface area contributed by atoms with Gasteiger partial charge in [0.15, 0.2) is 0 Å². The molecule has 22 heavy (non-hydrogen) atoms. The quantitative estimate of drug-likeness (QED) is 0.858. The second-order valence-corrected chi connectivity index (χ2v) is 4.87. The molecule has 0 aliphatic carbocycles. The number of aromatic nitrogens is 1. The minimum Gasteiger partial charge on any atom is -0.377 e. The Balaban J connectivity index is 1.97. The predicted octanol–water partition coefficient (Wildman–Crippen LogP) is 3.50. The minimum absolute atomic E-state index is 0.166. The van der Waals surface area contributed by atoms with Crippen molar-refractivity contribution in [1.82, 2.24) is 10.3 Å². The molecule has 2 rings (SSSR count). The third-order valence-electron chi connectivity index (χ3n) is 3.21. The maximum absolute atomic E-state index is 12.1. The minimum atomic E-state index is -0.262. The van der Waals surface area contributed by atoms with Crippen LogP contribution in [0.4, 0.5) is 10.5 Å². The van der Waals surface area contributed by atoms with Crippen molar-refractivity contribution < 1.29 is 9.53 Å². The Labute approximate surface area is 130 Å². The summed E-state index contributed by atoms with van der Waals surface area (Å²) < 4.78 is 5.41. The predicted molar refractivity (Wildman–Crippen MR) is 86.6 cm³/mol. The lowest BCUT2D eigenvalue weighted by atomic mass is 10.2. The summed E-state index contributed by atoms with van der Waals surface area (Å²) in [5.41, 5.74) is 2.52. The molecule has 0 saturated heterocycles. The number of carbonyl (C=O) groups excluding carboxylic acids is 1. The lowest BCUT2D eigenvalue weighted by Gasteiger charge is -2.16. The first-order valence-electron chi connectivity index (χ1n) is 7.34. The van der Waals surface area contributed by atoms with E-state index in [0.29, 0.717) is 13.2 Å². The highest BCUT2D eigenvalue weighted by Gasteiger charge is 2.11. The van der Waals surface area contributed by atoms with E-state index in [2.05, 4.69) is 15.6 Å². The van der Waals surface area contributed by atoms with Crippen LogP contribution >= 0.6 is 0 Å². The van der Waals surface area contributed by atoms with Crippen LogP contribution in [-0.4, -0.2) is 17.6 Å². The van der Waals surface area contributed by atoms with Crippen LogP contribution in [0.15, 0.2) is 48.7 Å². The van der Waals surface area contributed by atoms with Gasteiger partial charge in [-0.05, 0) is 32.0 Å². The van der Waals surface area contributed by atoms with Gasteiger partial charge in [0.1, 0.15) is 0 Å². The largest absolute Gasteiger partial charge is 0.377 e. The number of carbonyl (C=O) groups is 1. The number of pyridine rings is 1. The van der Waals surface area contributed by atoms with Crippen LogP contribution in [0.5, 0.6) is 0 Å². The average molecular weight is 299 g/mol. The van der Waals surface area contributed by atoms with E-state index in [-0.39, 0.29) is 12.1 Å². The van der Waals surface area contributed by atoms with E-state index in [9.17, 15) is 4.79 Å². The van der Waals surface area contributed by atoms with E-state index in [1.807, 2.05) is 56.3 Å². The molecule has 1 atom stereocenters. The van der Waals surface area contributed by atoms with E-state index in [0.717, 1.165) is 16.9 Å². The summed E-state index contributed by atoms with van der Waals surface area (Å²) in [6.07, 6.45) is 1.71. The maximum atomic E-state index is 12.1. The summed E-state index contributed by atoms with van der Waals surface area (Å²) in [4.78, 5) is 16.4. The molecule has 116 valence electrons. The smallest absolute Gasteiger partial charge is 0.319 e. The summed E-state index contributed by atoms with van der Waals surface area (Å²) in [5.74, 6) is 0. The fraction of sp³-hybridized carbons (Fsp3) is 0.294. The SMILES string of the molecule is CCOCc1ccccc1NC(=O)N[C@H](C)c1ccccn1. The number of ether oxygens (including phenoxy) is 1. The van der Waals surface area contributed by atoms with Crippen LogP contribution in [0, 0.1) is 0 Å². The average Bonchev–Trinajstić information content (AvgIpc) is 2.54. The van der Waals surface area contributed by atoms with Crippen molar-refractivity contribution in [3.05, 3.63) is 59.9 Å². The lowest BCUT2D eigenvalue weighted by Crippen LogP contribution is -2.31. The van der Waals surface area contributed by atoms with E-state index >= 15 is 0 Å². The molecule has 2 N–H and O–H groups in total. The highest BCUT2D eigenvalue weighted by Crippen LogP contribution is 2.16. The number of anilines is 1. The van der Waals surface area contributed by atoms with Gasteiger partial charge in [0, 0.05) is 24.1 Å². The van der Waals surface area contributed by atoms with Crippen LogP contribution in [0.25, 0.3) is 0 Å². The van der Waals surface area contributed by atoms with E-state index in [4.69, 9.17) is 4.74 Å². The lowest BCUT2D eigenvalue weighted by molar-refractivity contribution is 0.134. The van der Waals surface area contributed by atoms with Crippen molar-refractivity contribution in [2.75, 3.05) is 11.9 Å². The zero-order chi connectivity index (χ0) is 15.8. The van der Waals surface area contributed by atoms with Gasteiger partial charge in [-0.15, -0.1) is 0 Å². The van der Waals surface area contributed by atoms with Crippen LogP contribution in [0.1, 0.15) is 31.1 Å². The maximum Gasteiger partial charge on any atom is 0.319 e. The molecule has 1 aromatic carbocycles. The second-order valence-electron chi connectivity index (χ2n) is 4.87. The Morgan fingerprint density at radius 2 is 2.00 bits per heavy atom. The Morgan fingerprint density at radius 1 is 1.23 bits per heavy atom. The molecular weight excluding hydrogens is 278 g/mol. The van der Waals surface area contributed by atoms with Crippen LogP contribution in [0.2, 0.25) is 0 Å². The van der Waals surface area contributed by atoms with Gasteiger partial charge in [0.25, 0.3) is 0 Å². The molecule has 0 radical (unpaired) electrons. The van der Waals surface area contributed by atoms with Gasteiger partial charge >= 0.3 is 6.03 Å². The molecular formula is C17H21N3O2. The number of hydrogen-bond acceptors (Lipinski definition) is 3. The van der Waals surface area contributed by atoms with E-state index in [1.54, 1.807) is 6.20 Å². The number of para-hydroxylation sites is 1. The van der Waals surface area contributed by atoms with Crippen LogP contribution in [-0.2, 0) is 11.3 Å². The Hall–Kier alpha value is -2.40. The topological polar surface area (TPSA) is 63.2 Å². The van der Waals surface area contributed by atoms with Crippen molar-refractivity contribution in [3.63, 3.8) is 0 Å². The number of rotatable bonds is 6. The van der Waals surface area contributed by atoms with Gasteiger partial charge < -0.3 is 15.4 Å².